The first-order chi connectivity index (χ1) is 11.5. The van der Waals surface area contributed by atoms with Crippen LogP contribution >= 0.6 is 7.92 Å². The van der Waals surface area contributed by atoms with Crippen LogP contribution in [0.5, 0.6) is 0 Å². The first-order valence-corrected chi connectivity index (χ1v) is 9.10. The number of hydrogen-bond acceptors (Lipinski definition) is 0. The van der Waals surface area contributed by atoms with Crippen LogP contribution in [0, 0.1) is 0 Å². The van der Waals surface area contributed by atoms with Gasteiger partial charge in [0, 0.05) is 6.16 Å². The molecule has 1 unspecified atom stereocenters. The van der Waals surface area contributed by atoms with Crippen LogP contribution in [0.15, 0.2) is 84.9 Å². The minimum Gasteiger partial charge on any atom is -0.166 e. The van der Waals surface area contributed by atoms with E-state index in [-0.39, 0.29) is 0 Å². The predicted molar refractivity (Wildman–Crippen MR) is 94.2 cm³/mol. The Kier molecular flexibility index (Phi) is 5.01. The van der Waals surface area contributed by atoms with Gasteiger partial charge in [-0.3, -0.25) is 0 Å². The van der Waals surface area contributed by atoms with Crippen LogP contribution in [-0.4, -0.2) is 0 Å². The van der Waals surface area contributed by atoms with Crippen molar-refractivity contribution in [2.45, 2.75) is 12.3 Å². The number of rotatable bonds is 4. The topological polar surface area (TPSA) is 0 Å². The highest BCUT2D eigenvalue weighted by Gasteiger charge is 2.31. The van der Waals surface area contributed by atoms with Gasteiger partial charge in [0.2, 0.25) is 0 Å². The van der Waals surface area contributed by atoms with Gasteiger partial charge in [-0.15, -0.1) is 0 Å². The number of halogens is 3. The van der Waals surface area contributed by atoms with Gasteiger partial charge < -0.3 is 0 Å². The number of alkyl halides is 3. The van der Waals surface area contributed by atoms with E-state index in [1.165, 1.54) is 12.1 Å². The zero-order chi connectivity index (χ0) is 17.0. The molecule has 1 atom stereocenters. The maximum absolute atomic E-state index is 13.1. The van der Waals surface area contributed by atoms with E-state index in [1.807, 2.05) is 60.7 Å². The second kappa shape index (κ2) is 7.19. The molecule has 0 spiro atoms. The summed E-state index contributed by atoms with van der Waals surface area (Å²) in [6.07, 6.45) is -3.60. The molecule has 0 bridgehead atoms. The molecule has 0 amide bonds. The minimum absolute atomic E-state index is 0.587. The van der Waals surface area contributed by atoms with Crippen molar-refractivity contribution in [3.05, 3.63) is 96.1 Å². The summed E-state index contributed by atoms with van der Waals surface area (Å²) < 4.78 is 39.2. The lowest BCUT2D eigenvalue weighted by Crippen LogP contribution is -2.16. The molecule has 0 fully saturated rings. The van der Waals surface area contributed by atoms with Crippen molar-refractivity contribution < 1.29 is 13.2 Å². The molecule has 3 rings (SSSR count). The third-order valence-electron chi connectivity index (χ3n) is 3.74. The standard InChI is InChI=1S/C20H16F3P/c21-20(22,23)17-10-7-13-19(14-17)24(18-11-5-2-6-12-18)15-16-8-3-1-4-9-16/h1-14H,15H2. The molecule has 4 heteroatoms. The van der Waals surface area contributed by atoms with Crippen LogP contribution in [0.3, 0.4) is 0 Å². The molecule has 0 radical (unpaired) electrons. The molecule has 0 aliphatic carbocycles. The quantitative estimate of drug-likeness (QED) is 0.561. The van der Waals surface area contributed by atoms with Crippen molar-refractivity contribution in [1.82, 2.24) is 0 Å². The van der Waals surface area contributed by atoms with Gasteiger partial charge >= 0.3 is 6.18 Å². The lowest BCUT2D eigenvalue weighted by Gasteiger charge is -2.20. The van der Waals surface area contributed by atoms with Crippen molar-refractivity contribution >= 4 is 18.5 Å². The van der Waals surface area contributed by atoms with Gasteiger partial charge in [0.1, 0.15) is 0 Å². The molecular formula is C20H16F3P. The second-order valence-electron chi connectivity index (χ2n) is 5.46. The number of hydrogen-bond donors (Lipinski definition) is 0. The predicted octanol–water partition coefficient (Wildman–Crippen LogP) is 5.34. The lowest BCUT2D eigenvalue weighted by molar-refractivity contribution is -0.137. The fourth-order valence-corrected chi connectivity index (χ4v) is 4.89. The molecule has 0 nitrogen and oxygen atoms in total. The van der Waals surface area contributed by atoms with Gasteiger partial charge in [-0.05, 0) is 36.2 Å². The summed E-state index contributed by atoms with van der Waals surface area (Å²) >= 11 is 0. The molecule has 0 aliphatic heterocycles. The zero-order valence-electron chi connectivity index (χ0n) is 12.9. The normalized spacial score (nSPS) is 12.8. The summed E-state index contributed by atoms with van der Waals surface area (Å²) in [6, 6.07) is 25.4. The van der Waals surface area contributed by atoms with Gasteiger partial charge in [-0.2, -0.15) is 13.2 Å². The van der Waals surface area contributed by atoms with E-state index in [0.29, 0.717) is 0 Å². The van der Waals surface area contributed by atoms with Crippen molar-refractivity contribution in [1.29, 1.82) is 0 Å². The maximum atomic E-state index is 13.1. The van der Waals surface area contributed by atoms with Crippen LogP contribution < -0.4 is 10.6 Å². The van der Waals surface area contributed by atoms with Gasteiger partial charge in [0.25, 0.3) is 0 Å². The molecule has 0 aliphatic rings. The molecule has 122 valence electrons. The monoisotopic (exact) mass is 344 g/mol. The SMILES string of the molecule is FC(F)(F)c1cccc(P(Cc2ccccc2)c2ccccc2)c1. The van der Waals surface area contributed by atoms with E-state index in [9.17, 15) is 13.2 Å². The molecule has 0 heterocycles. The first kappa shape index (κ1) is 16.7. The van der Waals surface area contributed by atoms with E-state index in [1.54, 1.807) is 6.07 Å². The third kappa shape index (κ3) is 4.04. The van der Waals surface area contributed by atoms with Crippen LogP contribution in [0.1, 0.15) is 11.1 Å². The Hall–Kier alpha value is -2.12. The molecule has 0 aromatic heterocycles. The summed E-state index contributed by atoms with van der Waals surface area (Å²) in [4.78, 5) is 0. The average Bonchev–Trinajstić information content (AvgIpc) is 2.61. The average molecular weight is 344 g/mol. The van der Waals surface area contributed by atoms with E-state index in [4.69, 9.17) is 0 Å². The zero-order valence-corrected chi connectivity index (χ0v) is 13.8. The summed E-state index contributed by atoms with van der Waals surface area (Å²) in [5, 5.41) is 1.82. The Morgan fingerprint density at radius 1 is 0.667 bits per heavy atom. The highest BCUT2D eigenvalue weighted by Crippen LogP contribution is 2.39. The Morgan fingerprint density at radius 3 is 1.88 bits per heavy atom. The molecular weight excluding hydrogens is 328 g/mol. The van der Waals surface area contributed by atoms with Crippen molar-refractivity contribution in [3.63, 3.8) is 0 Å². The molecule has 0 N–H and O–H groups in total. The molecule has 3 aromatic rings. The van der Waals surface area contributed by atoms with Gasteiger partial charge in [0.05, 0.1) is 5.56 Å². The molecule has 0 saturated heterocycles. The smallest absolute Gasteiger partial charge is 0.166 e. The highest BCUT2D eigenvalue weighted by atomic mass is 31.1. The van der Waals surface area contributed by atoms with Crippen LogP contribution in [0.25, 0.3) is 0 Å². The Balaban J connectivity index is 2.02. The fourth-order valence-electron chi connectivity index (χ4n) is 2.56. The van der Waals surface area contributed by atoms with Gasteiger partial charge in [0.15, 0.2) is 0 Å². The van der Waals surface area contributed by atoms with Crippen molar-refractivity contribution in [3.8, 4) is 0 Å². The van der Waals surface area contributed by atoms with Crippen molar-refractivity contribution in [2.75, 3.05) is 0 Å². The number of benzene rings is 3. The molecule has 3 aromatic carbocycles. The first-order valence-electron chi connectivity index (χ1n) is 7.58. The van der Waals surface area contributed by atoms with Gasteiger partial charge in [-0.1, -0.05) is 72.8 Å². The largest absolute Gasteiger partial charge is 0.416 e. The summed E-state index contributed by atoms with van der Waals surface area (Å²) in [5.41, 5.74) is 0.543. The summed E-state index contributed by atoms with van der Waals surface area (Å²) in [5.74, 6) is 0. The Labute approximate surface area is 140 Å². The lowest BCUT2D eigenvalue weighted by atomic mass is 10.2. The second-order valence-corrected chi connectivity index (χ2v) is 7.66. The summed E-state index contributed by atoms with van der Waals surface area (Å²) in [7, 11) is -0.891. The Morgan fingerprint density at radius 2 is 1.25 bits per heavy atom. The Bertz CT molecular complexity index is 783. The van der Waals surface area contributed by atoms with E-state index in [2.05, 4.69) is 0 Å². The minimum atomic E-state index is -4.32. The highest BCUT2D eigenvalue weighted by molar-refractivity contribution is 7.72. The van der Waals surface area contributed by atoms with Crippen LogP contribution in [0.4, 0.5) is 13.2 Å². The van der Waals surface area contributed by atoms with Crippen molar-refractivity contribution in [2.24, 2.45) is 0 Å². The van der Waals surface area contributed by atoms with Gasteiger partial charge in [-0.25, -0.2) is 0 Å². The van der Waals surface area contributed by atoms with E-state index < -0.39 is 19.7 Å². The third-order valence-corrected chi connectivity index (χ3v) is 6.24. The molecule has 24 heavy (non-hydrogen) atoms. The maximum Gasteiger partial charge on any atom is 0.416 e. The van der Waals surface area contributed by atoms with E-state index >= 15 is 0 Å². The fraction of sp³-hybridized carbons (Fsp3) is 0.100. The molecule has 0 saturated carbocycles. The van der Waals surface area contributed by atoms with Crippen LogP contribution in [0.2, 0.25) is 0 Å². The van der Waals surface area contributed by atoms with E-state index in [0.717, 1.165) is 28.4 Å². The summed E-state index contributed by atoms with van der Waals surface area (Å²) in [6.45, 7) is 0. The van der Waals surface area contributed by atoms with Crippen LogP contribution in [-0.2, 0) is 12.3 Å².